The van der Waals surface area contributed by atoms with Crippen LogP contribution in [0.15, 0.2) is 63.9 Å². The molecule has 0 radical (unpaired) electrons. The van der Waals surface area contributed by atoms with Crippen molar-refractivity contribution in [3.63, 3.8) is 0 Å². The molecule has 0 aliphatic rings. The van der Waals surface area contributed by atoms with Gasteiger partial charge in [-0.05, 0) is 34.7 Å². The summed E-state index contributed by atoms with van der Waals surface area (Å²) in [7, 11) is 0. The van der Waals surface area contributed by atoms with Gasteiger partial charge >= 0.3 is 11.7 Å². The van der Waals surface area contributed by atoms with Gasteiger partial charge < -0.3 is 10.4 Å². The van der Waals surface area contributed by atoms with Gasteiger partial charge in [-0.15, -0.1) is 0 Å². The molecular formula is C20H19N3O5. The standard InChI is InChI=1S/C20H19N3O5/c24-17(25)11-10-16(21-19(26)18-22-20(27)28-23-18)12-13-6-8-15(9-7-13)14-4-2-1-3-5-14/h1-9,16H,10-12H2,(H,21,26)(H,24,25)(H,22,23,27). The Hall–Kier alpha value is -3.68. The molecule has 1 aromatic heterocycles. The summed E-state index contributed by atoms with van der Waals surface area (Å²) in [5.74, 6) is -2.65. The molecule has 0 saturated heterocycles. The van der Waals surface area contributed by atoms with E-state index >= 15 is 0 Å². The molecule has 0 fully saturated rings. The van der Waals surface area contributed by atoms with Gasteiger partial charge in [0.15, 0.2) is 0 Å². The van der Waals surface area contributed by atoms with Crippen molar-refractivity contribution in [1.29, 1.82) is 0 Å². The number of carbonyl (C=O) groups excluding carboxylic acids is 1. The number of rotatable bonds is 8. The predicted octanol–water partition coefficient (Wildman–Crippen LogP) is 2.24. The van der Waals surface area contributed by atoms with Crippen LogP contribution in [-0.2, 0) is 11.2 Å². The maximum Gasteiger partial charge on any atom is 0.439 e. The molecule has 0 bridgehead atoms. The number of carbonyl (C=O) groups is 2. The van der Waals surface area contributed by atoms with Crippen LogP contribution in [0, 0.1) is 0 Å². The summed E-state index contributed by atoms with van der Waals surface area (Å²) < 4.78 is 4.32. The van der Waals surface area contributed by atoms with Crippen LogP contribution >= 0.6 is 0 Å². The monoisotopic (exact) mass is 381 g/mol. The van der Waals surface area contributed by atoms with Gasteiger partial charge in [-0.3, -0.25) is 19.1 Å². The number of aromatic nitrogens is 2. The van der Waals surface area contributed by atoms with Crippen LogP contribution in [-0.4, -0.2) is 33.2 Å². The van der Waals surface area contributed by atoms with Crippen LogP contribution in [0.4, 0.5) is 0 Å². The Kier molecular flexibility index (Phi) is 6.01. The molecule has 8 heteroatoms. The number of nitrogens with one attached hydrogen (secondary N) is 2. The molecule has 1 amide bonds. The van der Waals surface area contributed by atoms with Crippen LogP contribution in [0.1, 0.15) is 29.0 Å². The minimum Gasteiger partial charge on any atom is -0.481 e. The SMILES string of the molecule is O=C(O)CCC(Cc1ccc(-c2ccccc2)cc1)NC(=O)c1noc(=O)[nH]1. The second kappa shape index (κ2) is 8.81. The second-order valence-corrected chi connectivity index (χ2v) is 6.31. The van der Waals surface area contributed by atoms with E-state index in [-0.39, 0.29) is 18.7 Å². The Morgan fingerprint density at radius 2 is 1.75 bits per heavy atom. The lowest BCUT2D eigenvalue weighted by molar-refractivity contribution is -0.137. The fourth-order valence-corrected chi connectivity index (χ4v) is 2.85. The molecule has 0 aliphatic carbocycles. The molecule has 3 N–H and O–H groups in total. The number of nitrogens with zero attached hydrogens (tertiary/aromatic N) is 1. The van der Waals surface area contributed by atoms with Crippen molar-refractivity contribution in [3.8, 4) is 11.1 Å². The highest BCUT2D eigenvalue weighted by Crippen LogP contribution is 2.20. The average Bonchev–Trinajstić information content (AvgIpc) is 3.14. The van der Waals surface area contributed by atoms with Gasteiger partial charge in [0.05, 0.1) is 0 Å². The molecule has 0 aliphatic heterocycles. The van der Waals surface area contributed by atoms with E-state index in [1.165, 1.54) is 0 Å². The number of hydrogen-bond donors (Lipinski definition) is 3. The van der Waals surface area contributed by atoms with Crippen LogP contribution in [0.3, 0.4) is 0 Å². The van der Waals surface area contributed by atoms with Crippen molar-refractivity contribution in [2.45, 2.75) is 25.3 Å². The van der Waals surface area contributed by atoms with Gasteiger partial charge in [-0.1, -0.05) is 54.6 Å². The molecule has 144 valence electrons. The smallest absolute Gasteiger partial charge is 0.439 e. The van der Waals surface area contributed by atoms with E-state index in [0.29, 0.717) is 6.42 Å². The number of amides is 1. The van der Waals surface area contributed by atoms with Crippen molar-refractivity contribution >= 4 is 11.9 Å². The Morgan fingerprint density at radius 3 is 2.36 bits per heavy atom. The van der Waals surface area contributed by atoms with Crippen LogP contribution in [0.2, 0.25) is 0 Å². The summed E-state index contributed by atoms with van der Waals surface area (Å²) in [6.45, 7) is 0. The minimum atomic E-state index is -0.950. The van der Waals surface area contributed by atoms with Crippen LogP contribution in [0.5, 0.6) is 0 Å². The Morgan fingerprint density at radius 1 is 1.07 bits per heavy atom. The second-order valence-electron chi connectivity index (χ2n) is 6.31. The van der Waals surface area contributed by atoms with Gasteiger partial charge in [0, 0.05) is 12.5 Å². The summed E-state index contributed by atoms with van der Waals surface area (Å²) in [5, 5.41) is 15.0. The van der Waals surface area contributed by atoms with E-state index in [2.05, 4.69) is 20.0 Å². The van der Waals surface area contributed by atoms with Crippen LogP contribution in [0.25, 0.3) is 11.1 Å². The molecule has 3 rings (SSSR count). The Balaban J connectivity index is 1.70. The first-order chi connectivity index (χ1) is 13.5. The van der Waals surface area contributed by atoms with Gasteiger partial charge in [0.1, 0.15) is 0 Å². The van der Waals surface area contributed by atoms with Crippen molar-refractivity contribution in [2.75, 3.05) is 0 Å². The van der Waals surface area contributed by atoms with Crippen molar-refractivity contribution in [2.24, 2.45) is 0 Å². The quantitative estimate of drug-likeness (QED) is 0.549. The number of carboxylic acid groups (broad SMARTS) is 1. The molecule has 0 saturated carbocycles. The fourth-order valence-electron chi connectivity index (χ4n) is 2.85. The minimum absolute atomic E-state index is 0.0949. The zero-order valence-electron chi connectivity index (χ0n) is 14.9. The third-order valence-electron chi connectivity index (χ3n) is 4.24. The number of benzene rings is 2. The van der Waals surface area contributed by atoms with E-state index in [1.807, 2.05) is 54.6 Å². The first kappa shape index (κ1) is 19.1. The molecule has 1 unspecified atom stereocenters. The Labute approximate surface area is 160 Å². The molecule has 1 heterocycles. The van der Waals surface area contributed by atoms with E-state index in [9.17, 15) is 14.4 Å². The average molecular weight is 381 g/mol. The van der Waals surface area contributed by atoms with Crippen molar-refractivity contribution in [3.05, 3.63) is 76.5 Å². The van der Waals surface area contributed by atoms with Gasteiger partial charge in [0.2, 0.25) is 5.82 Å². The highest BCUT2D eigenvalue weighted by atomic mass is 16.5. The first-order valence-corrected chi connectivity index (χ1v) is 8.74. The van der Waals surface area contributed by atoms with Crippen LogP contribution < -0.4 is 11.1 Å². The lowest BCUT2D eigenvalue weighted by Crippen LogP contribution is -2.37. The summed E-state index contributed by atoms with van der Waals surface area (Å²) >= 11 is 0. The number of aliphatic carboxylic acids is 1. The lowest BCUT2D eigenvalue weighted by atomic mass is 9.98. The largest absolute Gasteiger partial charge is 0.481 e. The number of hydrogen-bond acceptors (Lipinski definition) is 5. The topological polar surface area (TPSA) is 125 Å². The molecule has 8 nitrogen and oxygen atoms in total. The van der Waals surface area contributed by atoms with Gasteiger partial charge in [0.25, 0.3) is 5.91 Å². The zero-order valence-corrected chi connectivity index (χ0v) is 14.9. The molecular weight excluding hydrogens is 362 g/mol. The maximum atomic E-state index is 12.2. The van der Waals surface area contributed by atoms with E-state index < -0.39 is 23.7 Å². The molecule has 1 atom stereocenters. The highest BCUT2D eigenvalue weighted by Gasteiger charge is 2.18. The number of carboxylic acids is 1. The number of aromatic amines is 1. The van der Waals surface area contributed by atoms with E-state index in [0.717, 1.165) is 16.7 Å². The van der Waals surface area contributed by atoms with Gasteiger partial charge in [-0.25, -0.2) is 4.79 Å². The third kappa shape index (κ3) is 5.16. The normalized spacial score (nSPS) is 11.7. The molecule has 0 spiro atoms. The lowest BCUT2D eigenvalue weighted by Gasteiger charge is -2.17. The molecule has 3 aromatic rings. The maximum absolute atomic E-state index is 12.2. The van der Waals surface area contributed by atoms with Crippen molar-refractivity contribution < 1.29 is 19.2 Å². The van der Waals surface area contributed by atoms with E-state index in [1.54, 1.807) is 0 Å². The summed E-state index contributed by atoms with van der Waals surface area (Å²) in [6, 6.07) is 17.3. The summed E-state index contributed by atoms with van der Waals surface area (Å²) in [4.78, 5) is 36.3. The summed E-state index contributed by atoms with van der Waals surface area (Å²) in [6.07, 6.45) is 0.585. The Bertz CT molecular complexity index is 992. The van der Waals surface area contributed by atoms with E-state index in [4.69, 9.17) is 5.11 Å². The molecule has 2 aromatic carbocycles. The highest BCUT2D eigenvalue weighted by molar-refractivity contribution is 5.90. The first-order valence-electron chi connectivity index (χ1n) is 8.74. The number of H-pyrrole nitrogens is 1. The predicted molar refractivity (Wildman–Crippen MR) is 101 cm³/mol. The zero-order chi connectivity index (χ0) is 19.9. The van der Waals surface area contributed by atoms with Crippen molar-refractivity contribution in [1.82, 2.24) is 15.5 Å². The van der Waals surface area contributed by atoms with Gasteiger partial charge in [-0.2, -0.15) is 0 Å². The summed E-state index contributed by atoms with van der Waals surface area (Å²) in [5.41, 5.74) is 3.11. The molecule has 28 heavy (non-hydrogen) atoms. The fraction of sp³-hybridized carbons (Fsp3) is 0.200. The third-order valence-corrected chi connectivity index (χ3v) is 4.24.